The van der Waals surface area contributed by atoms with Crippen molar-refractivity contribution in [3.05, 3.63) is 20.3 Å². The van der Waals surface area contributed by atoms with Gasteiger partial charge in [-0.3, -0.25) is 14.0 Å². The second kappa shape index (κ2) is 6.67. The molecule has 4 nitrogen and oxygen atoms in total. The normalized spacial score (nSPS) is 18.2. The van der Waals surface area contributed by atoms with Crippen molar-refractivity contribution in [1.82, 2.24) is 9.69 Å². The molecule has 1 aliphatic rings. The predicted octanol–water partition coefficient (Wildman–Crippen LogP) is 3.03. The molecule has 20 heavy (non-hydrogen) atoms. The van der Waals surface area contributed by atoms with Gasteiger partial charge >= 0.3 is 0 Å². The fourth-order valence-electron chi connectivity index (χ4n) is 2.53. The first-order valence-electron chi connectivity index (χ1n) is 6.46. The number of hydrogen-bond acceptors (Lipinski definition) is 3. The summed E-state index contributed by atoms with van der Waals surface area (Å²) in [4.78, 5) is 23.1. The SMILES string of the molecule is O=C(NC(C(F)F)C1CCCCC1)c1s[nH]c(=O)c1Cl. The lowest BCUT2D eigenvalue weighted by Crippen LogP contribution is -2.45. The third kappa shape index (κ3) is 3.38. The van der Waals surface area contributed by atoms with Gasteiger partial charge in [-0.1, -0.05) is 42.4 Å². The Labute approximate surface area is 123 Å². The van der Waals surface area contributed by atoms with Crippen molar-refractivity contribution < 1.29 is 13.6 Å². The molecule has 1 saturated carbocycles. The molecule has 0 aliphatic heterocycles. The number of aromatic nitrogens is 1. The summed E-state index contributed by atoms with van der Waals surface area (Å²) in [7, 11) is 0. The molecule has 1 aromatic rings. The lowest BCUT2D eigenvalue weighted by molar-refractivity contribution is 0.0503. The number of hydrogen-bond donors (Lipinski definition) is 2. The highest BCUT2D eigenvalue weighted by atomic mass is 35.5. The van der Waals surface area contributed by atoms with E-state index in [2.05, 4.69) is 9.69 Å². The van der Waals surface area contributed by atoms with Crippen LogP contribution in [0.5, 0.6) is 0 Å². The number of carbonyl (C=O) groups excluding carboxylic acids is 1. The molecule has 1 aromatic heterocycles. The van der Waals surface area contributed by atoms with Crippen LogP contribution >= 0.6 is 23.1 Å². The Bertz CT molecular complexity index is 526. The van der Waals surface area contributed by atoms with Gasteiger partial charge in [0.2, 0.25) is 0 Å². The number of alkyl halides is 2. The molecule has 0 aromatic carbocycles. The van der Waals surface area contributed by atoms with E-state index in [9.17, 15) is 18.4 Å². The highest BCUT2D eigenvalue weighted by Gasteiger charge is 2.33. The highest BCUT2D eigenvalue weighted by molar-refractivity contribution is 7.08. The third-order valence-electron chi connectivity index (χ3n) is 3.58. The summed E-state index contributed by atoms with van der Waals surface area (Å²) in [5, 5.41) is 2.09. The molecule has 1 fully saturated rings. The maximum Gasteiger partial charge on any atom is 0.277 e. The van der Waals surface area contributed by atoms with E-state index in [1.54, 1.807) is 0 Å². The van der Waals surface area contributed by atoms with E-state index < -0.39 is 23.9 Å². The van der Waals surface area contributed by atoms with Crippen LogP contribution in [0.4, 0.5) is 8.78 Å². The van der Waals surface area contributed by atoms with Crippen LogP contribution in [0.25, 0.3) is 0 Å². The zero-order valence-corrected chi connectivity index (χ0v) is 12.2. The van der Waals surface area contributed by atoms with Crippen LogP contribution < -0.4 is 10.9 Å². The fourth-order valence-corrected chi connectivity index (χ4v) is 3.47. The molecular formula is C12H15ClF2N2O2S. The number of rotatable bonds is 4. The van der Waals surface area contributed by atoms with Crippen LogP contribution in [0.2, 0.25) is 5.02 Å². The average Bonchev–Trinajstić information content (AvgIpc) is 2.77. The number of nitrogens with one attached hydrogen (secondary N) is 2. The van der Waals surface area contributed by atoms with Crippen molar-refractivity contribution in [1.29, 1.82) is 0 Å². The summed E-state index contributed by atoms with van der Waals surface area (Å²) in [5.74, 6) is -0.934. The Kier molecular flexibility index (Phi) is 5.15. The Hall–Kier alpha value is -0.950. The summed E-state index contributed by atoms with van der Waals surface area (Å²) in [6, 6.07) is -1.18. The summed E-state index contributed by atoms with van der Waals surface area (Å²) < 4.78 is 28.6. The van der Waals surface area contributed by atoms with Crippen molar-refractivity contribution in [3.63, 3.8) is 0 Å². The molecule has 0 bridgehead atoms. The fraction of sp³-hybridized carbons (Fsp3) is 0.667. The maximum absolute atomic E-state index is 13.2. The number of aromatic amines is 1. The van der Waals surface area contributed by atoms with Crippen molar-refractivity contribution >= 4 is 29.0 Å². The van der Waals surface area contributed by atoms with Gasteiger partial charge in [0.1, 0.15) is 9.90 Å². The van der Waals surface area contributed by atoms with E-state index >= 15 is 0 Å². The summed E-state index contributed by atoms with van der Waals surface area (Å²) >= 11 is 6.43. The minimum absolute atomic E-state index is 0.0434. The van der Waals surface area contributed by atoms with Gasteiger partial charge in [-0.15, -0.1) is 0 Å². The van der Waals surface area contributed by atoms with E-state index in [-0.39, 0.29) is 15.8 Å². The first-order chi connectivity index (χ1) is 9.50. The minimum Gasteiger partial charge on any atom is -0.342 e. The number of carbonyl (C=O) groups is 1. The van der Waals surface area contributed by atoms with Gasteiger partial charge in [0.05, 0.1) is 6.04 Å². The second-order valence-corrected chi connectivity index (χ2v) is 6.10. The van der Waals surface area contributed by atoms with E-state index in [0.717, 1.165) is 30.8 Å². The smallest absolute Gasteiger partial charge is 0.277 e. The zero-order valence-electron chi connectivity index (χ0n) is 10.6. The first-order valence-corrected chi connectivity index (χ1v) is 7.66. The molecule has 2 N–H and O–H groups in total. The molecule has 1 atom stereocenters. The summed E-state index contributed by atoms with van der Waals surface area (Å²) in [6.45, 7) is 0. The monoisotopic (exact) mass is 324 g/mol. The summed E-state index contributed by atoms with van der Waals surface area (Å²) in [6.07, 6.45) is 1.60. The topological polar surface area (TPSA) is 62.0 Å². The van der Waals surface area contributed by atoms with E-state index in [0.29, 0.717) is 12.8 Å². The third-order valence-corrected chi connectivity index (χ3v) is 4.93. The predicted molar refractivity (Wildman–Crippen MR) is 73.8 cm³/mol. The lowest BCUT2D eigenvalue weighted by atomic mass is 9.84. The van der Waals surface area contributed by atoms with Crippen molar-refractivity contribution in [2.24, 2.45) is 5.92 Å². The van der Waals surface area contributed by atoms with Gasteiger partial charge in [0.15, 0.2) is 0 Å². The first kappa shape index (κ1) is 15.4. The molecule has 0 spiro atoms. The average molecular weight is 325 g/mol. The van der Waals surface area contributed by atoms with Crippen LogP contribution in [0, 0.1) is 5.92 Å². The standard InChI is InChI=1S/C12H15ClF2N2O2S/c13-7-9(20-17-11(7)18)12(19)16-8(10(14)15)6-4-2-1-3-5-6/h6,8,10H,1-5H2,(H,16,19)(H,17,18). The Balaban J connectivity index is 2.09. The number of amides is 1. The van der Waals surface area contributed by atoms with Gasteiger partial charge in [-0.2, -0.15) is 0 Å². The quantitative estimate of drug-likeness (QED) is 0.894. The molecule has 1 aliphatic carbocycles. The van der Waals surface area contributed by atoms with Gasteiger partial charge < -0.3 is 5.32 Å². The summed E-state index contributed by atoms with van der Waals surface area (Å²) in [5.41, 5.74) is -0.576. The van der Waals surface area contributed by atoms with Gasteiger partial charge in [-0.25, -0.2) is 8.78 Å². The molecule has 8 heteroatoms. The van der Waals surface area contributed by atoms with Crippen molar-refractivity contribution in [3.8, 4) is 0 Å². The van der Waals surface area contributed by atoms with Gasteiger partial charge in [0.25, 0.3) is 17.9 Å². The van der Waals surface area contributed by atoms with Crippen LogP contribution in [-0.2, 0) is 0 Å². The van der Waals surface area contributed by atoms with Crippen LogP contribution in [0.15, 0.2) is 4.79 Å². The molecule has 0 radical (unpaired) electrons. The van der Waals surface area contributed by atoms with Gasteiger partial charge in [0, 0.05) is 0 Å². The zero-order chi connectivity index (χ0) is 14.7. The van der Waals surface area contributed by atoms with Crippen LogP contribution in [0.3, 0.4) is 0 Å². The van der Waals surface area contributed by atoms with E-state index in [1.807, 2.05) is 0 Å². The molecule has 1 heterocycles. The Morgan fingerprint density at radius 3 is 2.50 bits per heavy atom. The molecule has 112 valence electrons. The van der Waals surface area contributed by atoms with Crippen molar-refractivity contribution in [2.75, 3.05) is 0 Å². The highest BCUT2D eigenvalue weighted by Crippen LogP contribution is 2.29. The number of H-pyrrole nitrogens is 1. The number of halogens is 3. The molecule has 2 rings (SSSR count). The second-order valence-electron chi connectivity index (χ2n) is 4.91. The molecule has 1 amide bonds. The molecule has 0 saturated heterocycles. The van der Waals surface area contributed by atoms with Crippen LogP contribution in [0.1, 0.15) is 41.8 Å². The minimum atomic E-state index is -2.63. The largest absolute Gasteiger partial charge is 0.342 e. The Morgan fingerprint density at radius 2 is 2.00 bits per heavy atom. The van der Waals surface area contributed by atoms with Crippen molar-refractivity contribution in [2.45, 2.75) is 44.6 Å². The van der Waals surface area contributed by atoms with Crippen LogP contribution in [-0.4, -0.2) is 22.7 Å². The molecular weight excluding hydrogens is 310 g/mol. The Morgan fingerprint density at radius 1 is 1.35 bits per heavy atom. The maximum atomic E-state index is 13.2. The molecule has 1 unspecified atom stereocenters. The lowest BCUT2D eigenvalue weighted by Gasteiger charge is -2.30. The van der Waals surface area contributed by atoms with E-state index in [1.165, 1.54) is 0 Å². The van der Waals surface area contributed by atoms with E-state index in [4.69, 9.17) is 11.6 Å². The van der Waals surface area contributed by atoms with Gasteiger partial charge in [-0.05, 0) is 18.8 Å².